The van der Waals surface area contributed by atoms with Crippen LogP contribution in [0.5, 0.6) is 0 Å². The van der Waals surface area contributed by atoms with Crippen molar-refractivity contribution in [3.8, 4) is 0 Å². The van der Waals surface area contributed by atoms with Crippen LogP contribution in [0.1, 0.15) is 27.9 Å². The normalized spacial score (nSPS) is 13.9. The van der Waals surface area contributed by atoms with Gasteiger partial charge in [0.2, 0.25) is 0 Å². The lowest BCUT2D eigenvalue weighted by atomic mass is 10.0. The molecule has 108 valence electrons. The highest BCUT2D eigenvalue weighted by molar-refractivity contribution is 5.87. The second kappa shape index (κ2) is 5.56. The monoisotopic (exact) mass is 285 g/mol. The second-order valence-corrected chi connectivity index (χ2v) is 5.27. The van der Waals surface area contributed by atoms with Gasteiger partial charge >= 0.3 is 5.97 Å². The van der Waals surface area contributed by atoms with E-state index in [4.69, 9.17) is 5.11 Å². The molecule has 1 aliphatic heterocycles. The Morgan fingerprint density at radius 3 is 2.86 bits per heavy atom. The van der Waals surface area contributed by atoms with E-state index in [0.29, 0.717) is 12.1 Å². The van der Waals surface area contributed by atoms with E-state index in [1.165, 1.54) is 23.8 Å². The van der Waals surface area contributed by atoms with Crippen molar-refractivity contribution in [1.29, 1.82) is 0 Å². The number of carbonyl (C=O) groups is 1. The van der Waals surface area contributed by atoms with E-state index in [1.807, 2.05) is 18.2 Å². The molecular formula is C17H16FNO2. The van der Waals surface area contributed by atoms with Gasteiger partial charge in [-0.3, -0.25) is 0 Å². The minimum absolute atomic E-state index is 0.122. The maximum Gasteiger partial charge on any atom is 0.335 e. The van der Waals surface area contributed by atoms with E-state index in [1.54, 1.807) is 0 Å². The summed E-state index contributed by atoms with van der Waals surface area (Å²) in [5, 5.41) is 9.03. The number of para-hydroxylation sites is 1. The van der Waals surface area contributed by atoms with Gasteiger partial charge in [0, 0.05) is 24.3 Å². The molecule has 0 aromatic heterocycles. The molecular weight excluding hydrogens is 269 g/mol. The van der Waals surface area contributed by atoms with Crippen LogP contribution in [0, 0.1) is 5.82 Å². The van der Waals surface area contributed by atoms with E-state index >= 15 is 0 Å². The van der Waals surface area contributed by atoms with Crippen LogP contribution in [0.25, 0.3) is 0 Å². The van der Waals surface area contributed by atoms with Gasteiger partial charge in [0.05, 0.1) is 5.56 Å². The number of benzene rings is 2. The molecule has 0 bridgehead atoms. The first-order valence-electron chi connectivity index (χ1n) is 7.00. The fourth-order valence-electron chi connectivity index (χ4n) is 2.81. The van der Waals surface area contributed by atoms with Gasteiger partial charge in [0.25, 0.3) is 0 Å². The molecule has 0 radical (unpaired) electrons. The summed E-state index contributed by atoms with van der Waals surface area (Å²) in [5.41, 5.74) is 2.92. The van der Waals surface area contributed by atoms with Crippen LogP contribution < -0.4 is 4.90 Å². The molecule has 0 spiro atoms. The number of anilines is 1. The van der Waals surface area contributed by atoms with E-state index in [2.05, 4.69) is 11.0 Å². The molecule has 1 aliphatic rings. The van der Waals surface area contributed by atoms with Gasteiger partial charge in [-0.1, -0.05) is 18.2 Å². The quantitative estimate of drug-likeness (QED) is 0.938. The summed E-state index contributed by atoms with van der Waals surface area (Å²) in [6, 6.07) is 12.1. The fourth-order valence-corrected chi connectivity index (χ4v) is 2.81. The van der Waals surface area contributed by atoms with Crippen molar-refractivity contribution >= 4 is 11.7 Å². The van der Waals surface area contributed by atoms with Gasteiger partial charge in [-0.15, -0.1) is 0 Å². The molecule has 2 aromatic rings. The molecule has 0 aliphatic carbocycles. The topological polar surface area (TPSA) is 40.5 Å². The van der Waals surface area contributed by atoms with E-state index in [9.17, 15) is 9.18 Å². The predicted octanol–water partition coefficient (Wildman–Crippen LogP) is 3.48. The molecule has 0 saturated carbocycles. The van der Waals surface area contributed by atoms with Crippen molar-refractivity contribution in [3.63, 3.8) is 0 Å². The van der Waals surface area contributed by atoms with Crippen molar-refractivity contribution in [2.24, 2.45) is 0 Å². The Morgan fingerprint density at radius 2 is 2.05 bits per heavy atom. The largest absolute Gasteiger partial charge is 0.478 e. The van der Waals surface area contributed by atoms with Crippen molar-refractivity contribution in [1.82, 2.24) is 0 Å². The lowest BCUT2D eigenvalue weighted by Crippen LogP contribution is -2.29. The van der Waals surface area contributed by atoms with Crippen LogP contribution in [-0.4, -0.2) is 17.6 Å². The van der Waals surface area contributed by atoms with Crippen LogP contribution in [-0.2, 0) is 13.0 Å². The zero-order valence-corrected chi connectivity index (χ0v) is 11.6. The molecule has 0 fully saturated rings. The van der Waals surface area contributed by atoms with Crippen LogP contribution in [0.3, 0.4) is 0 Å². The van der Waals surface area contributed by atoms with Crippen molar-refractivity contribution in [2.45, 2.75) is 19.4 Å². The summed E-state index contributed by atoms with van der Waals surface area (Å²) >= 11 is 0. The predicted molar refractivity (Wildman–Crippen MR) is 79.2 cm³/mol. The van der Waals surface area contributed by atoms with Gasteiger partial charge in [-0.05, 0) is 42.7 Å². The Hall–Kier alpha value is -2.36. The molecule has 1 N–H and O–H groups in total. The number of hydrogen-bond donors (Lipinski definition) is 1. The molecule has 0 saturated heterocycles. The first kappa shape index (κ1) is 13.6. The Labute approximate surface area is 122 Å². The Morgan fingerprint density at radius 1 is 1.24 bits per heavy atom. The van der Waals surface area contributed by atoms with E-state index in [-0.39, 0.29) is 11.4 Å². The third-order valence-corrected chi connectivity index (χ3v) is 3.86. The lowest BCUT2D eigenvalue weighted by Gasteiger charge is -2.31. The Balaban J connectivity index is 1.91. The highest BCUT2D eigenvalue weighted by atomic mass is 19.1. The SMILES string of the molecule is O=C(O)c1ccc(F)c(CN2CCCc3ccccc32)c1. The molecule has 4 heteroatoms. The molecule has 0 unspecified atom stereocenters. The molecule has 0 amide bonds. The van der Waals surface area contributed by atoms with E-state index in [0.717, 1.165) is 25.1 Å². The van der Waals surface area contributed by atoms with Crippen LogP contribution >= 0.6 is 0 Å². The minimum atomic E-state index is -1.03. The van der Waals surface area contributed by atoms with Crippen LogP contribution in [0.2, 0.25) is 0 Å². The summed E-state index contributed by atoms with van der Waals surface area (Å²) in [6.07, 6.45) is 2.06. The number of fused-ring (bicyclic) bond motifs is 1. The highest BCUT2D eigenvalue weighted by Crippen LogP contribution is 2.28. The minimum Gasteiger partial charge on any atom is -0.478 e. The van der Waals surface area contributed by atoms with Gasteiger partial charge in [0.1, 0.15) is 5.82 Å². The highest BCUT2D eigenvalue weighted by Gasteiger charge is 2.18. The smallest absolute Gasteiger partial charge is 0.335 e. The molecule has 1 heterocycles. The average Bonchev–Trinajstić information content (AvgIpc) is 2.49. The standard InChI is InChI=1S/C17H16FNO2/c18-15-8-7-13(17(20)21)10-14(15)11-19-9-3-5-12-4-1-2-6-16(12)19/h1-2,4,6-8,10H,3,5,9,11H2,(H,20,21). The number of aromatic carboxylic acids is 1. The Bertz CT molecular complexity index is 684. The third kappa shape index (κ3) is 2.75. The summed E-state index contributed by atoms with van der Waals surface area (Å²) in [4.78, 5) is 13.1. The van der Waals surface area contributed by atoms with Crippen molar-refractivity contribution in [3.05, 3.63) is 65.0 Å². The van der Waals surface area contributed by atoms with E-state index < -0.39 is 5.97 Å². The maximum absolute atomic E-state index is 13.9. The van der Waals surface area contributed by atoms with Crippen molar-refractivity contribution in [2.75, 3.05) is 11.4 Å². The zero-order valence-electron chi connectivity index (χ0n) is 11.6. The molecule has 21 heavy (non-hydrogen) atoms. The van der Waals surface area contributed by atoms with Gasteiger partial charge in [-0.25, -0.2) is 9.18 Å². The first-order chi connectivity index (χ1) is 10.1. The van der Waals surface area contributed by atoms with Crippen LogP contribution in [0.4, 0.5) is 10.1 Å². The number of aryl methyl sites for hydroxylation is 1. The van der Waals surface area contributed by atoms with Crippen molar-refractivity contribution < 1.29 is 14.3 Å². The number of carboxylic acid groups (broad SMARTS) is 1. The molecule has 3 nitrogen and oxygen atoms in total. The average molecular weight is 285 g/mol. The lowest BCUT2D eigenvalue weighted by molar-refractivity contribution is 0.0696. The Kier molecular flexibility index (Phi) is 3.60. The van der Waals surface area contributed by atoms with Gasteiger partial charge < -0.3 is 10.0 Å². The first-order valence-corrected chi connectivity index (χ1v) is 7.00. The number of hydrogen-bond acceptors (Lipinski definition) is 2. The second-order valence-electron chi connectivity index (χ2n) is 5.27. The summed E-state index contributed by atoms with van der Waals surface area (Å²) in [7, 11) is 0. The summed E-state index contributed by atoms with van der Waals surface area (Å²) < 4.78 is 13.9. The molecule has 2 aromatic carbocycles. The molecule has 3 rings (SSSR count). The number of rotatable bonds is 3. The number of halogens is 1. The maximum atomic E-state index is 13.9. The summed E-state index contributed by atoms with van der Waals surface area (Å²) in [6.45, 7) is 1.25. The number of nitrogens with zero attached hydrogens (tertiary/aromatic N) is 1. The summed E-state index contributed by atoms with van der Waals surface area (Å²) in [5.74, 6) is -1.39. The van der Waals surface area contributed by atoms with Crippen LogP contribution in [0.15, 0.2) is 42.5 Å². The number of carboxylic acids is 1. The zero-order chi connectivity index (χ0) is 14.8. The van der Waals surface area contributed by atoms with Gasteiger partial charge in [0.15, 0.2) is 0 Å². The third-order valence-electron chi connectivity index (χ3n) is 3.86. The molecule has 0 atom stereocenters. The van der Waals surface area contributed by atoms with Gasteiger partial charge in [-0.2, -0.15) is 0 Å². The fraction of sp³-hybridized carbons (Fsp3) is 0.235.